The first-order valence-electron chi connectivity index (χ1n) is 10.5. The second-order valence-electron chi connectivity index (χ2n) is 9.80. The quantitative estimate of drug-likeness (QED) is 0.606. The average molecular weight is 434 g/mol. The molecule has 2 aliphatic rings. The van der Waals surface area contributed by atoms with Gasteiger partial charge in [0.15, 0.2) is 11.5 Å². The van der Waals surface area contributed by atoms with Crippen molar-refractivity contribution >= 4 is 29.0 Å². The molecule has 1 amide bonds. The lowest BCUT2D eigenvalue weighted by Crippen LogP contribution is -2.58. The first-order chi connectivity index (χ1) is 14.4. The van der Waals surface area contributed by atoms with Crippen LogP contribution in [-0.4, -0.2) is 72.1 Å². The Morgan fingerprint density at radius 1 is 1.29 bits per heavy atom. The summed E-state index contributed by atoms with van der Waals surface area (Å²) in [6.45, 7) is 8.65. The summed E-state index contributed by atoms with van der Waals surface area (Å²) in [5.41, 5.74) is 10.5. The lowest BCUT2D eigenvalue weighted by molar-refractivity contribution is -0.195. The highest BCUT2D eigenvalue weighted by Gasteiger charge is 2.50. The fourth-order valence-corrected chi connectivity index (χ4v) is 4.56. The molecule has 2 atom stereocenters. The van der Waals surface area contributed by atoms with Gasteiger partial charge in [-0.15, -0.1) is 0 Å². The Morgan fingerprint density at radius 2 is 1.97 bits per heavy atom. The molecular formula is C20H31N7O4. The number of nitrogens with two attached hydrogens (primary N) is 2. The number of carbonyl (C=O) groups excluding carboxylic acids is 1. The molecule has 2 fully saturated rings. The summed E-state index contributed by atoms with van der Waals surface area (Å²) >= 11 is 0. The van der Waals surface area contributed by atoms with E-state index in [1.54, 1.807) is 22.7 Å². The molecule has 5 N–H and O–H groups in total. The summed E-state index contributed by atoms with van der Waals surface area (Å²) in [4.78, 5) is 26.6. The topological polar surface area (TPSA) is 155 Å². The second kappa shape index (κ2) is 7.20. The number of likely N-dealkylation sites (tertiary alicyclic amines) is 1. The SMILES string of the molecule is CC(C)(C)OC(=O)N1CCC2(CC1)C[C@@](C)(O)[C@H](n1cnc3c(N)nc(N)nc31)CO2. The van der Waals surface area contributed by atoms with Gasteiger partial charge < -0.3 is 35.5 Å². The lowest BCUT2D eigenvalue weighted by Gasteiger charge is -2.51. The molecule has 31 heavy (non-hydrogen) atoms. The van der Waals surface area contributed by atoms with Crippen LogP contribution in [0.4, 0.5) is 16.6 Å². The Balaban J connectivity index is 1.49. The van der Waals surface area contributed by atoms with Crippen LogP contribution in [0.3, 0.4) is 0 Å². The van der Waals surface area contributed by atoms with E-state index in [0.29, 0.717) is 43.5 Å². The molecule has 170 valence electrons. The van der Waals surface area contributed by atoms with E-state index in [4.69, 9.17) is 20.9 Å². The monoisotopic (exact) mass is 433 g/mol. The van der Waals surface area contributed by atoms with Crippen molar-refractivity contribution in [3.05, 3.63) is 6.33 Å². The fraction of sp³-hybridized carbons (Fsp3) is 0.700. The largest absolute Gasteiger partial charge is 0.444 e. The standard InChI is InChI=1S/C20H31N7O4/c1-18(2,3)31-17(28)26-7-5-20(6-8-26)10-19(4,29)12(9-30-20)27-11-23-13-14(21)24-16(22)25-15(13)27/h11-12,29H,5-10H2,1-4H3,(H4,21,22,24,25)/t12-,19-/m1/s1. The first-order valence-corrected chi connectivity index (χ1v) is 10.5. The average Bonchev–Trinajstić information content (AvgIpc) is 3.04. The number of aliphatic hydroxyl groups is 1. The van der Waals surface area contributed by atoms with E-state index in [0.717, 1.165) is 0 Å². The van der Waals surface area contributed by atoms with E-state index in [-0.39, 0.29) is 24.5 Å². The third kappa shape index (κ3) is 4.11. The zero-order chi connectivity index (χ0) is 22.6. The van der Waals surface area contributed by atoms with Crippen LogP contribution in [0.25, 0.3) is 11.2 Å². The Morgan fingerprint density at radius 3 is 2.58 bits per heavy atom. The van der Waals surface area contributed by atoms with E-state index in [1.807, 2.05) is 20.8 Å². The molecule has 0 bridgehead atoms. The van der Waals surface area contributed by atoms with Gasteiger partial charge in [-0.05, 0) is 40.5 Å². The van der Waals surface area contributed by atoms with Gasteiger partial charge in [0.1, 0.15) is 11.1 Å². The van der Waals surface area contributed by atoms with Crippen LogP contribution in [0, 0.1) is 0 Å². The van der Waals surface area contributed by atoms with Crippen molar-refractivity contribution in [2.24, 2.45) is 0 Å². The molecule has 2 saturated heterocycles. The second-order valence-corrected chi connectivity index (χ2v) is 9.80. The number of hydrogen-bond donors (Lipinski definition) is 3. The number of fused-ring (bicyclic) bond motifs is 1. The number of rotatable bonds is 1. The maximum absolute atomic E-state index is 12.4. The first kappa shape index (κ1) is 21.6. The van der Waals surface area contributed by atoms with Gasteiger partial charge >= 0.3 is 6.09 Å². The maximum atomic E-state index is 12.4. The minimum Gasteiger partial charge on any atom is -0.444 e. The van der Waals surface area contributed by atoms with E-state index in [9.17, 15) is 9.90 Å². The zero-order valence-corrected chi connectivity index (χ0v) is 18.5. The minimum absolute atomic E-state index is 0.0501. The van der Waals surface area contributed by atoms with Crippen LogP contribution in [0.1, 0.15) is 53.0 Å². The van der Waals surface area contributed by atoms with Crippen molar-refractivity contribution in [3.63, 3.8) is 0 Å². The van der Waals surface area contributed by atoms with Gasteiger partial charge in [-0.1, -0.05) is 0 Å². The number of carbonyl (C=O) groups is 1. The summed E-state index contributed by atoms with van der Waals surface area (Å²) < 4.78 is 13.6. The summed E-state index contributed by atoms with van der Waals surface area (Å²) in [6, 6.07) is -0.416. The lowest BCUT2D eigenvalue weighted by atomic mass is 9.75. The van der Waals surface area contributed by atoms with Crippen LogP contribution in [-0.2, 0) is 9.47 Å². The molecule has 0 aromatic carbocycles. The van der Waals surface area contributed by atoms with Gasteiger partial charge in [0, 0.05) is 19.5 Å². The van der Waals surface area contributed by atoms with Gasteiger partial charge in [0.25, 0.3) is 0 Å². The number of ether oxygens (including phenoxy) is 2. The summed E-state index contributed by atoms with van der Waals surface area (Å²) in [5, 5.41) is 11.4. The molecule has 2 aromatic rings. The smallest absolute Gasteiger partial charge is 0.410 e. The van der Waals surface area contributed by atoms with E-state index < -0.39 is 22.8 Å². The van der Waals surface area contributed by atoms with Crippen molar-refractivity contribution in [1.29, 1.82) is 0 Å². The number of hydrogen-bond acceptors (Lipinski definition) is 9. The number of imidazole rings is 1. The number of piperidine rings is 1. The Labute approximate surface area is 180 Å². The van der Waals surface area contributed by atoms with Crippen LogP contribution >= 0.6 is 0 Å². The highest BCUT2D eigenvalue weighted by atomic mass is 16.6. The summed E-state index contributed by atoms with van der Waals surface area (Å²) in [5.74, 6) is 0.248. The normalized spacial score (nSPS) is 26.4. The zero-order valence-electron chi connectivity index (χ0n) is 18.5. The molecular weight excluding hydrogens is 402 g/mol. The van der Waals surface area contributed by atoms with Gasteiger partial charge in [-0.3, -0.25) is 0 Å². The molecule has 2 aliphatic heterocycles. The number of nitrogens with zero attached hydrogens (tertiary/aromatic N) is 5. The van der Waals surface area contributed by atoms with Gasteiger partial charge in [0.05, 0.1) is 30.2 Å². The summed E-state index contributed by atoms with van der Waals surface area (Å²) in [6.07, 6.45) is 2.94. The Kier molecular flexibility index (Phi) is 5.01. The number of aromatic nitrogens is 4. The van der Waals surface area contributed by atoms with E-state index in [2.05, 4.69) is 15.0 Å². The van der Waals surface area contributed by atoms with Crippen molar-refractivity contribution < 1.29 is 19.4 Å². The molecule has 2 aromatic heterocycles. The Bertz CT molecular complexity index is 989. The molecule has 0 radical (unpaired) electrons. The number of nitrogen functional groups attached to an aromatic ring is 2. The van der Waals surface area contributed by atoms with Crippen LogP contribution in [0.15, 0.2) is 6.33 Å². The van der Waals surface area contributed by atoms with Crippen molar-refractivity contribution in [2.75, 3.05) is 31.2 Å². The highest BCUT2D eigenvalue weighted by Crippen LogP contribution is 2.44. The number of anilines is 2. The molecule has 4 heterocycles. The fourth-order valence-electron chi connectivity index (χ4n) is 4.56. The molecule has 4 rings (SSSR count). The predicted molar refractivity (Wildman–Crippen MR) is 114 cm³/mol. The summed E-state index contributed by atoms with van der Waals surface area (Å²) in [7, 11) is 0. The van der Waals surface area contributed by atoms with Crippen molar-refractivity contribution in [1.82, 2.24) is 24.4 Å². The molecule has 0 aliphatic carbocycles. The van der Waals surface area contributed by atoms with Gasteiger partial charge in [-0.25, -0.2) is 9.78 Å². The third-order valence-electron chi connectivity index (χ3n) is 6.07. The van der Waals surface area contributed by atoms with Crippen LogP contribution in [0.5, 0.6) is 0 Å². The maximum Gasteiger partial charge on any atom is 0.410 e. The van der Waals surface area contributed by atoms with Gasteiger partial charge in [0.2, 0.25) is 5.95 Å². The van der Waals surface area contributed by atoms with Crippen LogP contribution < -0.4 is 11.5 Å². The molecule has 11 heteroatoms. The highest BCUT2D eigenvalue weighted by molar-refractivity contribution is 5.82. The molecule has 11 nitrogen and oxygen atoms in total. The molecule has 0 unspecified atom stereocenters. The molecule has 0 saturated carbocycles. The van der Waals surface area contributed by atoms with Crippen molar-refractivity contribution in [2.45, 2.75) is 69.8 Å². The third-order valence-corrected chi connectivity index (χ3v) is 6.07. The number of amides is 1. The molecule has 1 spiro atoms. The van der Waals surface area contributed by atoms with Crippen LogP contribution in [0.2, 0.25) is 0 Å². The van der Waals surface area contributed by atoms with Crippen molar-refractivity contribution in [3.8, 4) is 0 Å². The van der Waals surface area contributed by atoms with E-state index in [1.165, 1.54) is 0 Å². The minimum atomic E-state index is -1.09. The van der Waals surface area contributed by atoms with E-state index >= 15 is 0 Å². The Hall–Kier alpha value is -2.66. The predicted octanol–water partition coefficient (Wildman–Crippen LogP) is 1.47. The van der Waals surface area contributed by atoms with Gasteiger partial charge in [-0.2, -0.15) is 9.97 Å².